The van der Waals surface area contributed by atoms with Gasteiger partial charge >= 0.3 is 0 Å². The zero-order valence-electron chi connectivity index (χ0n) is 11.2. The number of rotatable bonds is 3. The van der Waals surface area contributed by atoms with Crippen molar-refractivity contribution in [2.24, 2.45) is 0 Å². The highest BCUT2D eigenvalue weighted by Gasteiger charge is 2.31. The van der Waals surface area contributed by atoms with Crippen molar-refractivity contribution >= 4 is 5.91 Å². The van der Waals surface area contributed by atoms with Gasteiger partial charge in [-0.05, 0) is 43.0 Å². The molecule has 0 atom stereocenters. The SMILES string of the molecule is COC1CC(NC(=O)c2cccc3c2CCNC3)C1. The fourth-order valence-electron chi connectivity index (χ4n) is 2.88. The van der Waals surface area contributed by atoms with E-state index < -0.39 is 0 Å². The first-order valence-corrected chi connectivity index (χ1v) is 6.93. The van der Waals surface area contributed by atoms with E-state index in [4.69, 9.17) is 4.74 Å². The Labute approximate surface area is 113 Å². The van der Waals surface area contributed by atoms with Crippen LogP contribution in [0.1, 0.15) is 34.3 Å². The highest BCUT2D eigenvalue weighted by molar-refractivity contribution is 5.96. The molecule has 2 aliphatic rings. The van der Waals surface area contributed by atoms with Crippen molar-refractivity contribution in [2.45, 2.75) is 38.0 Å². The van der Waals surface area contributed by atoms with Gasteiger partial charge in [-0.25, -0.2) is 0 Å². The van der Waals surface area contributed by atoms with Crippen LogP contribution in [-0.2, 0) is 17.7 Å². The van der Waals surface area contributed by atoms with Gasteiger partial charge in [-0.2, -0.15) is 0 Å². The lowest BCUT2D eigenvalue weighted by Gasteiger charge is -2.34. The molecule has 0 unspecified atom stereocenters. The van der Waals surface area contributed by atoms with Crippen molar-refractivity contribution < 1.29 is 9.53 Å². The molecular formula is C15H20N2O2. The Morgan fingerprint density at radius 1 is 1.42 bits per heavy atom. The standard InChI is InChI=1S/C15H20N2O2/c1-19-12-7-11(8-12)17-15(18)14-4-2-3-10-9-16-6-5-13(10)14/h2-4,11-12,16H,5-9H2,1H3,(H,17,18). The molecule has 1 aliphatic heterocycles. The monoisotopic (exact) mass is 260 g/mol. The minimum atomic E-state index is 0.0679. The van der Waals surface area contributed by atoms with Gasteiger partial charge in [-0.3, -0.25) is 4.79 Å². The molecule has 0 spiro atoms. The number of fused-ring (bicyclic) bond motifs is 1. The molecule has 0 bridgehead atoms. The maximum atomic E-state index is 12.3. The second-order valence-corrected chi connectivity index (χ2v) is 5.37. The fraction of sp³-hybridized carbons (Fsp3) is 0.533. The van der Waals surface area contributed by atoms with E-state index in [2.05, 4.69) is 16.7 Å². The number of carbonyl (C=O) groups is 1. The highest BCUT2D eigenvalue weighted by atomic mass is 16.5. The Morgan fingerprint density at radius 2 is 2.26 bits per heavy atom. The molecule has 1 saturated carbocycles. The number of hydrogen-bond acceptors (Lipinski definition) is 3. The zero-order chi connectivity index (χ0) is 13.2. The summed E-state index contributed by atoms with van der Waals surface area (Å²) in [5, 5.41) is 6.44. The van der Waals surface area contributed by atoms with Gasteiger partial charge in [-0.15, -0.1) is 0 Å². The first-order chi connectivity index (χ1) is 9.28. The van der Waals surface area contributed by atoms with Crippen molar-refractivity contribution in [3.63, 3.8) is 0 Å². The van der Waals surface area contributed by atoms with Crippen molar-refractivity contribution in [1.82, 2.24) is 10.6 Å². The molecule has 0 saturated heterocycles. The average molecular weight is 260 g/mol. The molecule has 1 aromatic carbocycles. The highest BCUT2D eigenvalue weighted by Crippen LogP contribution is 2.24. The molecule has 1 fully saturated rings. The van der Waals surface area contributed by atoms with Gasteiger partial charge in [0.2, 0.25) is 0 Å². The summed E-state index contributed by atoms with van der Waals surface area (Å²) in [5.74, 6) is 0.0679. The summed E-state index contributed by atoms with van der Waals surface area (Å²) in [4.78, 5) is 12.3. The first-order valence-electron chi connectivity index (χ1n) is 6.93. The minimum absolute atomic E-state index is 0.0679. The van der Waals surface area contributed by atoms with Crippen molar-refractivity contribution in [1.29, 1.82) is 0 Å². The smallest absolute Gasteiger partial charge is 0.251 e. The topological polar surface area (TPSA) is 50.4 Å². The molecule has 1 aromatic rings. The van der Waals surface area contributed by atoms with Crippen LogP contribution >= 0.6 is 0 Å². The van der Waals surface area contributed by atoms with E-state index in [0.29, 0.717) is 6.10 Å². The largest absolute Gasteiger partial charge is 0.381 e. The quantitative estimate of drug-likeness (QED) is 0.859. The summed E-state index contributed by atoms with van der Waals surface area (Å²) in [7, 11) is 1.73. The first kappa shape index (κ1) is 12.6. The van der Waals surface area contributed by atoms with Gasteiger partial charge in [-0.1, -0.05) is 12.1 Å². The molecule has 2 N–H and O–H groups in total. The number of ether oxygens (including phenoxy) is 1. The van der Waals surface area contributed by atoms with Crippen molar-refractivity contribution in [2.75, 3.05) is 13.7 Å². The molecule has 1 aliphatic carbocycles. The van der Waals surface area contributed by atoms with E-state index in [1.165, 1.54) is 11.1 Å². The maximum Gasteiger partial charge on any atom is 0.251 e. The van der Waals surface area contributed by atoms with Gasteiger partial charge in [0, 0.05) is 25.3 Å². The molecule has 4 heteroatoms. The molecule has 4 nitrogen and oxygen atoms in total. The van der Waals surface area contributed by atoms with Gasteiger partial charge in [0.15, 0.2) is 0 Å². The number of benzene rings is 1. The lowest BCUT2D eigenvalue weighted by atomic mass is 9.88. The molecule has 0 radical (unpaired) electrons. The van der Waals surface area contributed by atoms with Crippen LogP contribution in [0, 0.1) is 0 Å². The Hall–Kier alpha value is -1.39. The normalized spacial score (nSPS) is 25.3. The molecule has 1 amide bonds. The number of amides is 1. The Morgan fingerprint density at radius 3 is 3.05 bits per heavy atom. The average Bonchev–Trinajstić information content (AvgIpc) is 2.41. The minimum Gasteiger partial charge on any atom is -0.381 e. The second-order valence-electron chi connectivity index (χ2n) is 5.37. The zero-order valence-corrected chi connectivity index (χ0v) is 11.2. The summed E-state index contributed by atoms with van der Waals surface area (Å²) in [6, 6.07) is 6.28. The van der Waals surface area contributed by atoms with Crippen LogP contribution in [0.25, 0.3) is 0 Å². The Kier molecular flexibility index (Phi) is 3.53. The van der Waals surface area contributed by atoms with Crippen LogP contribution in [0.3, 0.4) is 0 Å². The van der Waals surface area contributed by atoms with Crippen LogP contribution in [0.15, 0.2) is 18.2 Å². The van der Waals surface area contributed by atoms with Gasteiger partial charge in [0.05, 0.1) is 6.10 Å². The number of methoxy groups -OCH3 is 1. The third kappa shape index (κ3) is 2.51. The van der Waals surface area contributed by atoms with Crippen LogP contribution in [-0.4, -0.2) is 31.7 Å². The second kappa shape index (κ2) is 5.31. The van der Waals surface area contributed by atoms with E-state index in [0.717, 1.165) is 37.9 Å². The molecule has 0 aromatic heterocycles. The summed E-state index contributed by atoms with van der Waals surface area (Å²) in [6.07, 6.45) is 3.11. The number of hydrogen-bond donors (Lipinski definition) is 2. The molecule has 102 valence electrons. The van der Waals surface area contributed by atoms with E-state index >= 15 is 0 Å². The van der Waals surface area contributed by atoms with Crippen LogP contribution < -0.4 is 10.6 Å². The van der Waals surface area contributed by atoms with E-state index in [1.807, 2.05) is 12.1 Å². The van der Waals surface area contributed by atoms with E-state index in [-0.39, 0.29) is 11.9 Å². The molecule has 1 heterocycles. The summed E-state index contributed by atoms with van der Waals surface area (Å²) in [5.41, 5.74) is 3.31. The van der Waals surface area contributed by atoms with Gasteiger partial charge in [0.1, 0.15) is 0 Å². The van der Waals surface area contributed by atoms with Gasteiger partial charge < -0.3 is 15.4 Å². The van der Waals surface area contributed by atoms with Crippen LogP contribution in [0.5, 0.6) is 0 Å². The van der Waals surface area contributed by atoms with Crippen LogP contribution in [0.4, 0.5) is 0 Å². The number of nitrogens with one attached hydrogen (secondary N) is 2. The summed E-state index contributed by atoms with van der Waals surface area (Å²) in [6.45, 7) is 1.82. The molecular weight excluding hydrogens is 240 g/mol. The molecule has 3 rings (SSSR count). The lowest BCUT2D eigenvalue weighted by Crippen LogP contribution is -2.47. The van der Waals surface area contributed by atoms with E-state index in [9.17, 15) is 4.79 Å². The third-order valence-electron chi connectivity index (χ3n) is 4.15. The third-order valence-corrected chi connectivity index (χ3v) is 4.15. The predicted octanol–water partition coefficient (Wildman–Crippen LogP) is 1.24. The lowest BCUT2D eigenvalue weighted by molar-refractivity contribution is 0.0176. The molecule has 19 heavy (non-hydrogen) atoms. The van der Waals surface area contributed by atoms with Crippen molar-refractivity contribution in [3.8, 4) is 0 Å². The van der Waals surface area contributed by atoms with Crippen molar-refractivity contribution in [3.05, 3.63) is 34.9 Å². The fourth-order valence-corrected chi connectivity index (χ4v) is 2.88. The Balaban J connectivity index is 1.70. The van der Waals surface area contributed by atoms with E-state index in [1.54, 1.807) is 7.11 Å². The van der Waals surface area contributed by atoms with Crippen LogP contribution in [0.2, 0.25) is 0 Å². The predicted molar refractivity (Wildman–Crippen MR) is 73.1 cm³/mol. The number of carbonyl (C=O) groups excluding carboxylic acids is 1. The summed E-state index contributed by atoms with van der Waals surface area (Å²) >= 11 is 0. The Bertz CT molecular complexity index is 481. The van der Waals surface area contributed by atoms with Gasteiger partial charge in [0.25, 0.3) is 5.91 Å². The summed E-state index contributed by atoms with van der Waals surface area (Å²) < 4.78 is 5.23. The maximum absolute atomic E-state index is 12.3.